The number of hydrogen-bond acceptors (Lipinski definition) is 4. The van der Waals surface area contributed by atoms with Crippen molar-refractivity contribution in [2.45, 2.75) is 38.3 Å². The Hall–Kier alpha value is -0.650. The molecule has 3 atom stereocenters. The van der Waals surface area contributed by atoms with Crippen molar-refractivity contribution in [2.24, 2.45) is 0 Å². The molecule has 1 amide bonds. The summed E-state index contributed by atoms with van der Waals surface area (Å²) in [5.41, 5.74) is 0. The third-order valence-electron chi connectivity index (χ3n) is 2.27. The Morgan fingerprint density at radius 3 is 2.93 bits per heavy atom. The molecule has 1 rings (SSSR count). The van der Waals surface area contributed by atoms with Gasteiger partial charge in [0.1, 0.15) is 6.10 Å². The molecule has 0 radical (unpaired) electrons. The molecule has 0 aromatic heterocycles. The Balaban J connectivity index is 2.36. The van der Waals surface area contributed by atoms with Crippen molar-refractivity contribution < 1.29 is 19.4 Å². The Labute approximate surface area is 83.4 Å². The van der Waals surface area contributed by atoms with Crippen LogP contribution in [-0.4, -0.2) is 43.2 Å². The molecule has 14 heavy (non-hydrogen) atoms. The molecule has 2 N–H and O–H groups in total. The van der Waals surface area contributed by atoms with Gasteiger partial charge in [-0.3, -0.25) is 4.79 Å². The number of carbonyl (C=O) groups is 1. The number of carbonyl (C=O) groups excluding carboxylic acids is 1. The summed E-state index contributed by atoms with van der Waals surface area (Å²) in [6, 6.07) is 0. The monoisotopic (exact) mass is 203 g/mol. The fourth-order valence-electron chi connectivity index (χ4n) is 1.45. The molecule has 0 aromatic carbocycles. The predicted molar refractivity (Wildman–Crippen MR) is 49.6 cm³/mol. The van der Waals surface area contributed by atoms with E-state index in [2.05, 4.69) is 5.32 Å². The van der Waals surface area contributed by atoms with Crippen LogP contribution in [0.2, 0.25) is 0 Å². The zero-order valence-electron chi connectivity index (χ0n) is 8.53. The van der Waals surface area contributed by atoms with Gasteiger partial charge in [0.15, 0.2) is 6.29 Å². The second kappa shape index (κ2) is 5.29. The number of methoxy groups -OCH3 is 1. The van der Waals surface area contributed by atoms with Gasteiger partial charge in [-0.15, -0.1) is 0 Å². The van der Waals surface area contributed by atoms with Crippen LogP contribution in [0.4, 0.5) is 0 Å². The van der Waals surface area contributed by atoms with Gasteiger partial charge >= 0.3 is 0 Å². The fraction of sp³-hybridized carbons (Fsp3) is 0.889. The first-order valence-corrected chi connectivity index (χ1v) is 4.74. The molecule has 0 saturated carbocycles. The van der Waals surface area contributed by atoms with E-state index in [0.29, 0.717) is 19.4 Å². The molecule has 5 nitrogen and oxygen atoms in total. The molecule has 5 heteroatoms. The molecule has 1 aliphatic rings. The number of nitrogens with one attached hydrogen (secondary N) is 1. The molecule has 0 bridgehead atoms. The van der Waals surface area contributed by atoms with Gasteiger partial charge in [0.2, 0.25) is 5.91 Å². The molecule has 0 spiro atoms. The van der Waals surface area contributed by atoms with Crippen molar-refractivity contribution in [3.05, 3.63) is 0 Å². The summed E-state index contributed by atoms with van der Waals surface area (Å²) in [4.78, 5) is 10.7. The largest absolute Gasteiger partial charge is 0.390 e. The van der Waals surface area contributed by atoms with E-state index in [4.69, 9.17) is 9.47 Å². The molecular formula is C9H17NO4. The summed E-state index contributed by atoms with van der Waals surface area (Å²) >= 11 is 0. The van der Waals surface area contributed by atoms with E-state index < -0.39 is 6.10 Å². The molecule has 1 fully saturated rings. The second-order valence-electron chi connectivity index (χ2n) is 3.42. The van der Waals surface area contributed by atoms with Crippen LogP contribution in [0.15, 0.2) is 0 Å². The lowest BCUT2D eigenvalue weighted by molar-refractivity contribution is -0.209. The van der Waals surface area contributed by atoms with Crippen LogP contribution in [-0.2, 0) is 14.3 Å². The fourth-order valence-corrected chi connectivity index (χ4v) is 1.45. The van der Waals surface area contributed by atoms with E-state index in [1.54, 1.807) is 7.11 Å². The van der Waals surface area contributed by atoms with Crippen molar-refractivity contribution in [1.82, 2.24) is 5.32 Å². The van der Waals surface area contributed by atoms with Crippen molar-refractivity contribution in [1.29, 1.82) is 0 Å². The molecular weight excluding hydrogens is 186 g/mol. The van der Waals surface area contributed by atoms with Gasteiger partial charge in [0.25, 0.3) is 0 Å². The summed E-state index contributed by atoms with van der Waals surface area (Å²) in [5, 5.41) is 12.2. The number of aliphatic hydroxyl groups is 1. The third kappa shape index (κ3) is 3.25. The van der Waals surface area contributed by atoms with Crippen molar-refractivity contribution >= 4 is 5.91 Å². The molecule has 1 saturated heterocycles. The highest BCUT2D eigenvalue weighted by atomic mass is 16.7. The minimum Gasteiger partial charge on any atom is -0.390 e. The third-order valence-corrected chi connectivity index (χ3v) is 2.27. The van der Waals surface area contributed by atoms with E-state index in [0.717, 1.165) is 0 Å². The normalized spacial score (nSPS) is 32.6. The van der Waals surface area contributed by atoms with Gasteiger partial charge in [0.05, 0.1) is 6.10 Å². The minimum absolute atomic E-state index is 0.125. The second-order valence-corrected chi connectivity index (χ2v) is 3.42. The maximum absolute atomic E-state index is 10.7. The van der Waals surface area contributed by atoms with Gasteiger partial charge < -0.3 is 19.9 Å². The average Bonchev–Trinajstić information content (AvgIpc) is 2.16. The lowest BCUT2D eigenvalue weighted by atomic mass is 10.0. The maximum atomic E-state index is 10.7. The number of ether oxygens (including phenoxy) is 2. The summed E-state index contributed by atoms with van der Waals surface area (Å²) in [5.74, 6) is -0.125. The summed E-state index contributed by atoms with van der Waals surface area (Å²) in [6.07, 6.45) is 0.180. The quantitative estimate of drug-likeness (QED) is 0.657. The molecule has 1 aliphatic heterocycles. The van der Waals surface area contributed by atoms with Gasteiger partial charge in [0, 0.05) is 27.0 Å². The first-order valence-electron chi connectivity index (χ1n) is 4.74. The van der Waals surface area contributed by atoms with E-state index in [-0.39, 0.29) is 18.3 Å². The van der Waals surface area contributed by atoms with Gasteiger partial charge in [-0.05, 0) is 6.42 Å². The minimum atomic E-state index is -0.520. The number of aliphatic hydroxyl groups excluding tert-OH is 1. The summed E-state index contributed by atoms with van der Waals surface area (Å²) in [6.45, 7) is 1.76. The van der Waals surface area contributed by atoms with E-state index in [9.17, 15) is 9.90 Å². The Kier molecular flexibility index (Phi) is 4.31. The number of hydrogen-bond donors (Lipinski definition) is 2. The Morgan fingerprint density at radius 2 is 2.36 bits per heavy atom. The van der Waals surface area contributed by atoms with Gasteiger partial charge in [-0.2, -0.15) is 0 Å². The zero-order valence-corrected chi connectivity index (χ0v) is 8.53. The number of rotatable bonds is 3. The highest BCUT2D eigenvalue weighted by Crippen LogP contribution is 2.19. The Bertz CT molecular complexity index is 197. The topological polar surface area (TPSA) is 67.8 Å². The SMILES string of the molecule is COC1CCC(O)C(CNC(C)=O)O1. The van der Waals surface area contributed by atoms with Crippen LogP contribution < -0.4 is 5.32 Å². The maximum Gasteiger partial charge on any atom is 0.216 e. The van der Waals surface area contributed by atoms with Crippen molar-refractivity contribution in [3.63, 3.8) is 0 Å². The predicted octanol–water partition coefficient (Wildman–Crippen LogP) is -0.365. The summed E-state index contributed by atoms with van der Waals surface area (Å²) < 4.78 is 10.4. The first kappa shape index (κ1) is 11.4. The molecule has 3 unspecified atom stereocenters. The lowest BCUT2D eigenvalue weighted by Gasteiger charge is -2.32. The molecule has 1 heterocycles. The Morgan fingerprint density at radius 1 is 1.64 bits per heavy atom. The molecule has 0 aromatic rings. The first-order chi connectivity index (χ1) is 6.63. The molecule has 82 valence electrons. The van der Waals surface area contributed by atoms with Crippen molar-refractivity contribution in [2.75, 3.05) is 13.7 Å². The van der Waals surface area contributed by atoms with Crippen LogP contribution in [0.3, 0.4) is 0 Å². The highest BCUT2D eigenvalue weighted by molar-refractivity contribution is 5.72. The zero-order chi connectivity index (χ0) is 10.6. The van der Waals surface area contributed by atoms with E-state index >= 15 is 0 Å². The summed E-state index contributed by atoms with van der Waals surface area (Å²) in [7, 11) is 1.57. The van der Waals surface area contributed by atoms with Crippen LogP contribution in [0.25, 0.3) is 0 Å². The van der Waals surface area contributed by atoms with Crippen LogP contribution in [0, 0.1) is 0 Å². The van der Waals surface area contributed by atoms with E-state index in [1.807, 2.05) is 0 Å². The number of amides is 1. The van der Waals surface area contributed by atoms with Gasteiger partial charge in [-0.1, -0.05) is 0 Å². The van der Waals surface area contributed by atoms with E-state index in [1.165, 1.54) is 6.92 Å². The highest BCUT2D eigenvalue weighted by Gasteiger charge is 2.29. The molecule has 0 aliphatic carbocycles. The average molecular weight is 203 g/mol. The van der Waals surface area contributed by atoms with Gasteiger partial charge in [-0.25, -0.2) is 0 Å². The van der Waals surface area contributed by atoms with Crippen LogP contribution in [0.5, 0.6) is 0 Å². The van der Waals surface area contributed by atoms with Crippen molar-refractivity contribution in [3.8, 4) is 0 Å². The smallest absolute Gasteiger partial charge is 0.216 e. The lowest BCUT2D eigenvalue weighted by Crippen LogP contribution is -2.46. The standard InChI is InChI=1S/C9H17NO4/c1-6(11)10-5-8-7(12)3-4-9(13-2)14-8/h7-9,12H,3-5H2,1-2H3,(H,10,11). The van der Waals surface area contributed by atoms with Crippen LogP contribution >= 0.6 is 0 Å². The van der Waals surface area contributed by atoms with Crippen LogP contribution in [0.1, 0.15) is 19.8 Å².